The number of benzene rings is 1. The fraction of sp³-hybridized carbons (Fsp3) is 0.167. The van der Waals surface area contributed by atoms with E-state index in [9.17, 15) is 8.78 Å². The Morgan fingerprint density at radius 1 is 1.35 bits per heavy atom. The Labute approximate surface area is 123 Å². The van der Waals surface area contributed by atoms with Gasteiger partial charge in [-0.15, -0.1) is 0 Å². The average Bonchev–Trinajstić information content (AvgIpc) is 2.41. The molecule has 0 saturated carbocycles. The van der Waals surface area contributed by atoms with Crippen molar-refractivity contribution in [3.8, 4) is 0 Å². The molecule has 0 amide bonds. The molecule has 0 aliphatic rings. The van der Waals surface area contributed by atoms with E-state index in [4.69, 9.17) is 16.7 Å². The molecule has 1 aromatic heterocycles. The molecule has 0 fully saturated rings. The Hall–Kier alpha value is -1.44. The third-order valence-corrected chi connectivity index (χ3v) is 3.32. The highest BCUT2D eigenvalue weighted by Crippen LogP contribution is 2.22. The highest BCUT2D eigenvalue weighted by molar-refractivity contribution is 7.97. The highest BCUT2D eigenvalue weighted by atomic mass is 35.5. The maximum atomic E-state index is 13.8. The SMILES string of the molecule is Cc1cnc(Cl)nc1NCc1c(F)cc(SN)cc1F. The molecule has 4 nitrogen and oxygen atoms in total. The summed E-state index contributed by atoms with van der Waals surface area (Å²) in [4.78, 5) is 8.08. The van der Waals surface area contributed by atoms with Crippen LogP contribution in [0.15, 0.2) is 23.2 Å². The molecule has 106 valence electrons. The van der Waals surface area contributed by atoms with Gasteiger partial charge in [-0.2, -0.15) is 0 Å². The second kappa shape index (κ2) is 6.34. The molecule has 0 unspecified atom stereocenters. The largest absolute Gasteiger partial charge is 0.365 e. The van der Waals surface area contributed by atoms with Crippen molar-refractivity contribution in [1.29, 1.82) is 0 Å². The second-order valence-electron chi connectivity index (χ2n) is 4.01. The summed E-state index contributed by atoms with van der Waals surface area (Å²) in [5, 5.41) is 8.17. The van der Waals surface area contributed by atoms with Crippen LogP contribution in [-0.4, -0.2) is 9.97 Å². The minimum Gasteiger partial charge on any atom is -0.365 e. The van der Waals surface area contributed by atoms with Crippen molar-refractivity contribution >= 4 is 29.4 Å². The first-order chi connectivity index (χ1) is 9.51. The number of hydrogen-bond donors (Lipinski definition) is 2. The smallest absolute Gasteiger partial charge is 0.224 e. The number of aromatic nitrogens is 2. The predicted molar refractivity (Wildman–Crippen MR) is 75.5 cm³/mol. The molecule has 1 heterocycles. The van der Waals surface area contributed by atoms with E-state index in [-0.39, 0.29) is 17.4 Å². The van der Waals surface area contributed by atoms with Gasteiger partial charge < -0.3 is 5.32 Å². The molecular weight excluding hydrogens is 306 g/mol. The number of rotatable bonds is 4. The van der Waals surface area contributed by atoms with Crippen molar-refractivity contribution in [2.24, 2.45) is 5.14 Å². The topological polar surface area (TPSA) is 63.8 Å². The van der Waals surface area contributed by atoms with E-state index in [1.165, 1.54) is 18.3 Å². The maximum Gasteiger partial charge on any atom is 0.224 e. The van der Waals surface area contributed by atoms with Crippen LogP contribution in [0.25, 0.3) is 0 Å². The van der Waals surface area contributed by atoms with Gasteiger partial charge in [0.15, 0.2) is 0 Å². The normalized spacial score (nSPS) is 10.7. The molecule has 0 aliphatic carbocycles. The molecule has 0 bridgehead atoms. The van der Waals surface area contributed by atoms with Gasteiger partial charge in [0.25, 0.3) is 0 Å². The number of aryl methyl sites for hydroxylation is 1. The zero-order valence-corrected chi connectivity index (χ0v) is 12.0. The summed E-state index contributed by atoms with van der Waals surface area (Å²) < 4.78 is 27.5. The minimum absolute atomic E-state index is 0.0542. The molecule has 0 saturated heterocycles. The first kappa shape index (κ1) is 15.0. The Morgan fingerprint density at radius 3 is 2.60 bits per heavy atom. The molecule has 0 aliphatic heterocycles. The average molecular weight is 317 g/mol. The minimum atomic E-state index is -0.664. The monoisotopic (exact) mass is 316 g/mol. The van der Waals surface area contributed by atoms with Crippen molar-refractivity contribution in [3.63, 3.8) is 0 Å². The Bertz CT molecular complexity index is 616. The van der Waals surface area contributed by atoms with Gasteiger partial charge in [0, 0.05) is 28.8 Å². The molecule has 20 heavy (non-hydrogen) atoms. The third kappa shape index (κ3) is 3.36. The molecule has 0 atom stereocenters. The van der Waals surface area contributed by atoms with Gasteiger partial charge in [-0.25, -0.2) is 18.7 Å². The lowest BCUT2D eigenvalue weighted by Gasteiger charge is -2.10. The summed E-state index contributed by atoms with van der Waals surface area (Å²) in [7, 11) is 0. The van der Waals surface area contributed by atoms with Crippen molar-refractivity contribution in [1.82, 2.24) is 9.97 Å². The Morgan fingerprint density at radius 2 is 2.00 bits per heavy atom. The van der Waals surface area contributed by atoms with Gasteiger partial charge in [0.2, 0.25) is 5.28 Å². The molecule has 1 aromatic carbocycles. The van der Waals surface area contributed by atoms with Crippen LogP contribution in [0.3, 0.4) is 0 Å². The first-order valence-corrected chi connectivity index (χ1v) is 6.84. The van der Waals surface area contributed by atoms with E-state index in [0.717, 1.165) is 17.5 Å². The Kier molecular flexibility index (Phi) is 4.74. The summed E-state index contributed by atoms with van der Waals surface area (Å²) in [6, 6.07) is 2.37. The molecule has 0 radical (unpaired) electrons. The van der Waals surface area contributed by atoms with Crippen molar-refractivity contribution in [3.05, 3.63) is 46.4 Å². The number of nitrogens with two attached hydrogens (primary N) is 1. The zero-order valence-electron chi connectivity index (χ0n) is 10.5. The fourth-order valence-electron chi connectivity index (χ4n) is 1.59. The van der Waals surface area contributed by atoms with E-state index >= 15 is 0 Å². The number of anilines is 1. The standard InChI is InChI=1S/C12H11ClF2N4S/c1-6-4-18-12(13)19-11(6)17-5-8-9(14)2-7(20-16)3-10(8)15/h2-4H,5,16H2,1H3,(H,17,18,19). The summed E-state index contributed by atoms with van der Waals surface area (Å²) in [6.45, 7) is 1.71. The Balaban J connectivity index is 2.21. The van der Waals surface area contributed by atoms with Crippen LogP contribution in [0.4, 0.5) is 14.6 Å². The maximum absolute atomic E-state index is 13.8. The fourth-order valence-corrected chi connectivity index (χ4v) is 2.06. The number of hydrogen-bond acceptors (Lipinski definition) is 5. The van der Waals surface area contributed by atoms with E-state index in [0.29, 0.717) is 10.7 Å². The zero-order chi connectivity index (χ0) is 14.7. The van der Waals surface area contributed by atoms with Crippen molar-refractivity contribution in [2.45, 2.75) is 18.4 Å². The van der Waals surface area contributed by atoms with Gasteiger partial charge in [-0.05, 0) is 42.6 Å². The van der Waals surface area contributed by atoms with Crippen LogP contribution >= 0.6 is 23.5 Å². The highest BCUT2D eigenvalue weighted by Gasteiger charge is 2.12. The summed E-state index contributed by atoms with van der Waals surface area (Å²) in [5.41, 5.74) is 0.640. The third-order valence-electron chi connectivity index (χ3n) is 2.63. The second-order valence-corrected chi connectivity index (χ2v) is 5.05. The van der Waals surface area contributed by atoms with Gasteiger partial charge in [0.1, 0.15) is 17.5 Å². The van der Waals surface area contributed by atoms with Crippen LogP contribution in [0.5, 0.6) is 0 Å². The molecular formula is C12H11ClF2N4S. The van der Waals surface area contributed by atoms with Crippen LogP contribution in [-0.2, 0) is 6.54 Å². The first-order valence-electron chi connectivity index (χ1n) is 5.59. The van der Waals surface area contributed by atoms with Gasteiger partial charge in [0.05, 0.1) is 0 Å². The molecule has 0 spiro atoms. The number of halogens is 3. The summed E-state index contributed by atoms with van der Waals surface area (Å²) in [6.07, 6.45) is 1.53. The molecule has 3 N–H and O–H groups in total. The van der Waals surface area contributed by atoms with Gasteiger partial charge >= 0.3 is 0 Å². The van der Waals surface area contributed by atoms with E-state index in [1.807, 2.05) is 0 Å². The number of nitrogens with zero attached hydrogens (tertiary/aromatic N) is 2. The van der Waals surface area contributed by atoms with Gasteiger partial charge in [-0.1, -0.05) is 0 Å². The molecule has 2 rings (SSSR count). The van der Waals surface area contributed by atoms with Crippen molar-refractivity contribution < 1.29 is 8.78 Å². The molecule has 2 aromatic rings. The summed E-state index contributed by atoms with van der Waals surface area (Å²) in [5.74, 6) is -0.896. The lowest BCUT2D eigenvalue weighted by molar-refractivity contribution is 0.554. The quantitative estimate of drug-likeness (QED) is 0.669. The lowest BCUT2D eigenvalue weighted by atomic mass is 10.2. The number of nitrogens with one attached hydrogen (secondary N) is 1. The van der Waals surface area contributed by atoms with Crippen LogP contribution in [0.1, 0.15) is 11.1 Å². The van der Waals surface area contributed by atoms with Crippen molar-refractivity contribution in [2.75, 3.05) is 5.32 Å². The predicted octanol–water partition coefficient (Wildman–Crippen LogP) is 3.29. The lowest BCUT2D eigenvalue weighted by Crippen LogP contribution is -2.08. The van der Waals surface area contributed by atoms with Gasteiger partial charge in [-0.3, -0.25) is 5.14 Å². The summed E-state index contributed by atoms with van der Waals surface area (Å²) >= 11 is 6.46. The van der Waals surface area contributed by atoms with Crippen LogP contribution < -0.4 is 10.5 Å². The van der Waals surface area contributed by atoms with E-state index < -0.39 is 11.6 Å². The van der Waals surface area contributed by atoms with Crippen LogP contribution in [0, 0.1) is 18.6 Å². The van der Waals surface area contributed by atoms with Crippen LogP contribution in [0.2, 0.25) is 5.28 Å². The van der Waals surface area contributed by atoms with E-state index in [1.54, 1.807) is 6.92 Å². The van der Waals surface area contributed by atoms with E-state index in [2.05, 4.69) is 15.3 Å². The molecule has 8 heteroatoms.